The maximum Gasteiger partial charge on any atom is 0.341 e. The highest BCUT2D eigenvalue weighted by Crippen LogP contribution is 2.39. The molecule has 16 heteroatoms. The summed E-state index contributed by atoms with van der Waals surface area (Å²) >= 11 is 6.34. The number of rotatable bonds is 8. The molecule has 1 saturated carbocycles. The average Bonchev–Trinajstić information content (AvgIpc) is 3.96. The van der Waals surface area contributed by atoms with E-state index >= 15 is 4.39 Å². The Hall–Kier alpha value is -5.51. The number of carbonyl (C=O) groups excluding carboxylic acids is 1. The van der Waals surface area contributed by atoms with Gasteiger partial charge in [0.25, 0.3) is 11.1 Å². The van der Waals surface area contributed by atoms with E-state index in [2.05, 4.69) is 19.9 Å². The predicted molar refractivity (Wildman–Crippen MR) is 191 cm³/mol. The standard InChI is InChI=1S/C36H29ClFN7O6S/c37-21-2-9-29-25(16-21)32(41-22-3-7-24(8-4-22)52(50,51)36-39-10-1-11-40-36)34(47)45(29)20-42-12-14-43(15-13-42)31-18-30-26(17-28(31)38)33(46)27(35(48)49)19-44(30)23-5-6-23/h1-4,7-11,16-19,23H,5-6,12-15,20H2,(H,48,49). The fourth-order valence-electron chi connectivity index (χ4n) is 6.63. The van der Waals surface area contributed by atoms with E-state index in [-0.39, 0.29) is 45.3 Å². The average molecular weight is 742 g/mol. The third-order valence-corrected chi connectivity index (χ3v) is 11.3. The lowest BCUT2D eigenvalue weighted by Crippen LogP contribution is -2.51. The van der Waals surface area contributed by atoms with Gasteiger partial charge in [0.15, 0.2) is 0 Å². The van der Waals surface area contributed by atoms with E-state index in [9.17, 15) is 27.9 Å². The lowest BCUT2D eigenvalue weighted by Gasteiger charge is -2.38. The number of piperazine rings is 1. The molecule has 0 atom stereocenters. The van der Waals surface area contributed by atoms with Gasteiger partial charge >= 0.3 is 5.97 Å². The van der Waals surface area contributed by atoms with Gasteiger partial charge in [0.1, 0.15) is 17.1 Å². The van der Waals surface area contributed by atoms with Crippen LogP contribution < -0.4 is 15.2 Å². The first-order valence-electron chi connectivity index (χ1n) is 16.4. The Morgan fingerprint density at radius 2 is 1.67 bits per heavy atom. The van der Waals surface area contributed by atoms with Gasteiger partial charge in [0.05, 0.1) is 34.1 Å². The van der Waals surface area contributed by atoms with Gasteiger partial charge in [0.2, 0.25) is 15.3 Å². The molecule has 0 bridgehead atoms. The molecular formula is C36H29ClFN7O6S. The Labute approximate surface area is 301 Å². The quantitative estimate of drug-likeness (QED) is 0.221. The Balaban J connectivity index is 1.01. The van der Waals surface area contributed by atoms with Crippen molar-refractivity contribution in [3.63, 3.8) is 0 Å². The topological polar surface area (TPSA) is 158 Å². The fraction of sp³-hybridized carbons (Fsp3) is 0.222. The van der Waals surface area contributed by atoms with Crippen LogP contribution in [-0.4, -0.2) is 83.4 Å². The first-order chi connectivity index (χ1) is 25.0. The number of carboxylic acids is 1. The van der Waals surface area contributed by atoms with Crippen LogP contribution in [0.3, 0.4) is 0 Å². The van der Waals surface area contributed by atoms with E-state index in [4.69, 9.17) is 11.6 Å². The van der Waals surface area contributed by atoms with Crippen molar-refractivity contribution < 1.29 is 27.5 Å². The van der Waals surface area contributed by atoms with E-state index in [1.54, 1.807) is 33.7 Å². The summed E-state index contributed by atoms with van der Waals surface area (Å²) in [7, 11) is -3.94. The molecule has 5 aromatic rings. The fourth-order valence-corrected chi connectivity index (χ4v) is 7.91. The molecule has 1 aliphatic carbocycles. The van der Waals surface area contributed by atoms with Crippen LogP contribution >= 0.6 is 11.6 Å². The number of aromatic carboxylic acids is 1. The number of sulfone groups is 1. The zero-order valence-corrected chi connectivity index (χ0v) is 28.9. The Kier molecular flexibility index (Phi) is 8.35. The normalized spacial score (nSPS) is 17.3. The first kappa shape index (κ1) is 33.6. The predicted octanol–water partition coefficient (Wildman–Crippen LogP) is 4.70. The van der Waals surface area contributed by atoms with Gasteiger partial charge in [0, 0.05) is 66.8 Å². The third kappa shape index (κ3) is 5.99. The second kappa shape index (κ2) is 12.9. The highest BCUT2D eigenvalue weighted by molar-refractivity contribution is 7.91. The summed E-state index contributed by atoms with van der Waals surface area (Å²) in [6.45, 7) is 2.08. The number of hydrogen-bond donors (Lipinski definition) is 1. The van der Waals surface area contributed by atoms with Crippen molar-refractivity contribution in [1.82, 2.24) is 19.4 Å². The summed E-state index contributed by atoms with van der Waals surface area (Å²) in [6.07, 6.45) is 5.75. The summed E-state index contributed by atoms with van der Waals surface area (Å²) < 4.78 is 43.2. The van der Waals surface area contributed by atoms with Crippen LogP contribution in [-0.2, 0) is 14.6 Å². The highest BCUT2D eigenvalue weighted by Gasteiger charge is 2.36. The molecule has 2 aliphatic heterocycles. The number of fused-ring (bicyclic) bond motifs is 2. The number of carboxylic acid groups (broad SMARTS) is 1. The largest absolute Gasteiger partial charge is 0.477 e. The molecular weight excluding hydrogens is 713 g/mol. The summed E-state index contributed by atoms with van der Waals surface area (Å²) in [5.41, 5.74) is 1.42. The minimum Gasteiger partial charge on any atom is -0.477 e. The van der Waals surface area contributed by atoms with Gasteiger partial charge in [-0.25, -0.2) is 32.6 Å². The molecule has 3 aliphatic rings. The van der Waals surface area contributed by atoms with Gasteiger partial charge in [-0.1, -0.05) is 11.6 Å². The number of pyridine rings is 1. The lowest BCUT2D eigenvalue weighted by molar-refractivity contribution is -0.112. The van der Waals surface area contributed by atoms with Crippen molar-refractivity contribution in [2.45, 2.75) is 28.9 Å². The maximum atomic E-state index is 15.6. The van der Waals surface area contributed by atoms with Crippen molar-refractivity contribution >= 4 is 67.0 Å². The molecule has 0 radical (unpaired) electrons. The zero-order chi connectivity index (χ0) is 36.3. The maximum absolute atomic E-state index is 15.6. The number of anilines is 2. The van der Waals surface area contributed by atoms with Gasteiger partial charge < -0.3 is 14.6 Å². The molecule has 1 saturated heterocycles. The van der Waals surface area contributed by atoms with Crippen molar-refractivity contribution in [1.29, 1.82) is 0 Å². The number of aliphatic imine (C=N–C) groups is 1. The number of amides is 1. The minimum atomic E-state index is -3.94. The van der Waals surface area contributed by atoms with Gasteiger partial charge in [-0.2, -0.15) is 0 Å². The van der Waals surface area contributed by atoms with Crippen LogP contribution in [0.4, 0.5) is 21.5 Å². The SMILES string of the molecule is O=C(O)c1cn(C2CC2)c2cc(N3CCN(CN4C(=O)C(=Nc5ccc(S(=O)(=O)c6ncccn6)cc5)c5cc(Cl)ccc54)CC3)c(F)cc2c1=O. The summed E-state index contributed by atoms with van der Waals surface area (Å²) in [6, 6.07) is 15.2. The number of carbonyl (C=O) groups is 2. The van der Waals surface area contributed by atoms with Crippen LogP contribution in [0.2, 0.25) is 5.02 Å². The lowest BCUT2D eigenvalue weighted by atomic mass is 10.1. The molecule has 0 spiro atoms. The zero-order valence-electron chi connectivity index (χ0n) is 27.3. The first-order valence-corrected chi connectivity index (χ1v) is 18.3. The van der Waals surface area contributed by atoms with Crippen LogP contribution in [0.25, 0.3) is 10.9 Å². The van der Waals surface area contributed by atoms with Crippen molar-refractivity contribution in [3.8, 4) is 0 Å². The van der Waals surface area contributed by atoms with E-state index in [1.807, 2.05) is 4.90 Å². The summed E-state index contributed by atoms with van der Waals surface area (Å²) in [5, 5.41) is 9.70. The minimum absolute atomic E-state index is 0.0160. The Bertz CT molecular complexity index is 2480. The number of nitrogens with zero attached hydrogens (tertiary/aromatic N) is 7. The molecule has 1 N–H and O–H groups in total. The molecule has 2 aromatic heterocycles. The Morgan fingerprint density at radius 3 is 2.35 bits per heavy atom. The molecule has 264 valence electrons. The molecule has 2 fully saturated rings. The molecule has 1 amide bonds. The van der Waals surface area contributed by atoms with Crippen LogP contribution in [0.5, 0.6) is 0 Å². The van der Waals surface area contributed by atoms with Crippen molar-refractivity contribution in [2.24, 2.45) is 4.99 Å². The number of benzene rings is 3. The molecule has 13 nitrogen and oxygen atoms in total. The molecule has 0 unspecified atom stereocenters. The van der Waals surface area contributed by atoms with E-state index < -0.39 is 27.1 Å². The third-order valence-electron chi connectivity index (χ3n) is 9.45. The van der Waals surface area contributed by atoms with E-state index in [0.29, 0.717) is 59.3 Å². The van der Waals surface area contributed by atoms with E-state index in [0.717, 1.165) is 18.9 Å². The second-order valence-electron chi connectivity index (χ2n) is 12.8. The summed E-state index contributed by atoms with van der Waals surface area (Å²) in [4.78, 5) is 56.4. The Morgan fingerprint density at radius 1 is 0.962 bits per heavy atom. The van der Waals surface area contributed by atoms with Crippen molar-refractivity contribution in [2.75, 3.05) is 42.6 Å². The van der Waals surface area contributed by atoms with Gasteiger partial charge in [-0.15, -0.1) is 0 Å². The molecule has 4 heterocycles. The number of aromatic nitrogens is 3. The number of hydrogen-bond acceptors (Lipinski definition) is 10. The monoisotopic (exact) mass is 741 g/mol. The van der Waals surface area contributed by atoms with Crippen LogP contribution in [0.15, 0.2) is 99.1 Å². The van der Waals surface area contributed by atoms with Crippen LogP contribution in [0, 0.1) is 5.82 Å². The molecule has 8 rings (SSSR count). The summed E-state index contributed by atoms with van der Waals surface area (Å²) in [5.74, 6) is -2.30. The number of halogens is 2. The second-order valence-corrected chi connectivity index (χ2v) is 15.0. The van der Waals surface area contributed by atoms with Crippen molar-refractivity contribution in [3.05, 3.63) is 111 Å². The smallest absolute Gasteiger partial charge is 0.341 e. The molecule has 52 heavy (non-hydrogen) atoms. The van der Waals surface area contributed by atoms with E-state index in [1.165, 1.54) is 48.9 Å². The molecule has 3 aromatic carbocycles. The highest BCUT2D eigenvalue weighted by atomic mass is 35.5. The van der Waals surface area contributed by atoms with Crippen LogP contribution in [0.1, 0.15) is 34.8 Å². The van der Waals surface area contributed by atoms with Gasteiger partial charge in [-0.05, 0) is 73.5 Å². The van der Waals surface area contributed by atoms with Gasteiger partial charge in [-0.3, -0.25) is 19.4 Å².